The average molecular weight is 203 g/mol. The summed E-state index contributed by atoms with van der Waals surface area (Å²) in [5.41, 5.74) is 1.94. The van der Waals surface area contributed by atoms with Crippen LogP contribution in [0.5, 0.6) is 0 Å². The lowest BCUT2D eigenvalue weighted by molar-refractivity contribution is 0.0788. The van der Waals surface area contributed by atoms with Crippen LogP contribution in [-0.2, 0) is 0 Å². The lowest BCUT2D eigenvalue weighted by atomic mass is 10.1. The quantitative estimate of drug-likeness (QED) is 0.739. The summed E-state index contributed by atoms with van der Waals surface area (Å²) in [6.45, 7) is 2.92. The second-order valence-electron chi connectivity index (χ2n) is 4.50. The molecule has 1 aromatic carbocycles. The fourth-order valence-electron chi connectivity index (χ4n) is 1.77. The van der Waals surface area contributed by atoms with E-state index >= 15 is 0 Å². The first-order valence-corrected chi connectivity index (χ1v) is 5.49. The molecule has 0 bridgehead atoms. The third-order valence-corrected chi connectivity index (χ3v) is 2.84. The van der Waals surface area contributed by atoms with Gasteiger partial charge in [0.05, 0.1) is 0 Å². The molecule has 0 atom stereocenters. The summed E-state index contributed by atoms with van der Waals surface area (Å²) >= 11 is 0. The first-order chi connectivity index (χ1) is 7.16. The Kier molecular flexibility index (Phi) is 2.76. The average Bonchev–Trinajstić information content (AvgIpc) is 3.00. The van der Waals surface area contributed by atoms with Crippen LogP contribution in [0, 0.1) is 12.8 Å². The van der Waals surface area contributed by atoms with Gasteiger partial charge in [-0.1, -0.05) is 17.7 Å². The number of benzene rings is 1. The van der Waals surface area contributed by atoms with E-state index in [1.54, 1.807) is 0 Å². The van der Waals surface area contributed by atoms with Gasteiger partial charge in [-0.3, -0.25) is 4.79 Å². The molecule has 1 aliphatic rings. The third kappa shape index (κ3) is 2.58. The van der Waals surface area contributed by atoms with Gasteiger partial charge in [0.1, 0.15) is 0 Å². The van der Waals surface area contributed by atoms with Crippen molar-refractivity contribution in [2.24, 2.45) is 5.92 Å². The molecule has 80 valence electrons. The highest BCUT2D eigenvalue weighted by molar-refractivity contribution is 5.94. The number of aryl methyl sites for hydroxylation is 1. The largest absolute Gasteiger partial charge is 0.341 e. The topological polar surface area (TPSA) is 20.3 Å². The first kappa shape index (κ1) is 10.2. The maximum absolute atomic E-state index is 12.0. The van der Waals surface area contributed by atoms with Gasteiger partial charge >= 0.3 is 0 Å². The minimum absolute atomic E-state index is 0.144. The van der Waals surface area contributed by atoms with Crippen LogP contribution >= 0.6 is 0 Å². The second kappa shape index (κ2) is 4.05. The predicted octanol–water partition coefficient (Wildman–Crippen LogP) is 2.48. The molecule has 0 aliphatic heterocycles. The lowest BCUT2D eigenvalue weighted by Gasteiger charge is -2.16. The number of nitrogens with zero attached hydrogens (tertiary/aromatic N) is 1. The SMILES string of the molecule is Cc1cccc(C(=O)N(C)CC2CC2)c1. The van der Waals surface area contributed by atoms with E-state index in [4.69, 9.17) is 0 Å². The normalized spacial score (nSPS) is 15.1. The van der Waals surface area contributed by atoms with Crippen LogP contribution in [0.3, 0.4) is 0 Å². The van der Waals surface area contributed by atoms with E-state index in [0.29, 0.717) is 0 Å². The van der Waals surface area contributed by atoms with E-state index in [-0.39, 0.29) is 5.91 Å². The van der Waals surface area contributed by atoms with Crippen molar-refractivity contribution >= 4 is 5.91 Å². The van der Waals surface area contributed by atoms with Crippen LogP contribution in [0.1, 0.15) is 28.8 Å². The number of amides is 1. The van der Waals surface area contributed by atoms with Crippen LogP contribution in [-0.4, -0.2) is 24.4 Å². The molecule has 15 heavy (non-hydrogen) atoms. The molecule has 1 aliphatic carbocycles. The molecule has 1 saturated carbocycles. The fraction of sp³-hybridized carbons (Fsp3) is 0.462. The van der Waals surface area contributed by atoms with Gasteiger partial charge in [-0.25, -0.2) is 0 Å². The van der Waals surface area contributed by atoms with Crippen molar-refractivity contribution < 1.29 is 4.79 Å². The Labute approximate surface area is 90.9 Å². The van der Waals surface area contributed by atoms with Gasteiger partial charge < -0.3 is 4.90 Å². The monoisotopic (exact) mass is 203 g/mol. The molecule has 0 heterocycles. The summed E-state index contributed by atoms with van der Waals surface area (Å²) in [6.07, 6.45) is 2.57. The van der Waals surface area contributed by atoms with Crippen molar-refractivity contribution in [3.05, 3.63) is 35.4 Å². The van der Waals surface area contributed by atoms with Gasteiger partial charge in [-0.2, -0.15) is 0 Å². The van der Waals surface area contributed by atoms with Crippen molar-refractivity contribution in [2.75, 3.05) is 13.6 Å². The molecule has 0 radical (unpaired) electrons. The Morgan fingerprint density at radius 2 is 2.20 bits per heavy atom. The van der Waals surface area contributed by atoms with E-state index in [1.807, 2.05) is 43.1 Å². The predicted molar refractivity (Wildman–Crippen MR) is 60.9 cm³/mol. The Balaban J connectivity index is 2.05. The molecule has 0 spiro atoms. The molecule has 1 amide bonds. The summed E-state index contributed by atoms with van der Waals surface area (Å²) in [5, 5.41) is 0. The van der Waals surface area contributed by atoms with Crippen molar-refractivity contribution in [1.29, 1.82) is 0 Å². The highest BCUT2D eigenvalue weighted by Gasteiger charge is 2.25. The summed E-state index contributed by atoms with van der Waals surface area (Å²) in [5.74, 6) is 0.898. The third-order valence-electron chi connectivity index (χ3n) is 2.84. The molecule has 0 saturated heterocycles. The molecular formula is C13H17NO. The summed E-state index contributed by atoms with van der Waals surface area (Å²) in [7, 11) is 1.89. The van der Waals surface area contributed by atoms with Crippen LogP contribution in [0.15, 0.2) is 24.3 Å². The Morgan fingerprint density at radius 3 is 2.80 bits per heavy atom. The molecule has 0 aromatic heterocycles. The highest BCUT2D eigenvalue weighted by Crippen LogP contribution is 2.29. The van der Waals surface area contributed by atoms with Crippen LogP contribution < -0.4 is 0 Å². The number of carbonyl (C=O) groups is 1. The van der Waals surface area contributed by atoms with E-state index < -0.39 is 0 Å². The van der Waals surface area contributed by atoms with Gasteiger partial charge in [0.25, 0.3) is 5.91 Å². The Hall–Kier alpha value is -1.31. The smallest absolute Gasteiger partial charge is 0.253 e. The summed E-state index contributed by atoms with van der Waals surface area (Å²) < 4.78 is 0. The lowest BCUT2D eigenvalue weighted by Crippen LogP contribution is -2.28. The summed E-state index contributed by atoms with van der Waals surface area (Å²) in [4.78, 5) is 13.8. The van der Waals surface area contributed by atoms with E-state index in [9.17, 15) is 4.79 Å². The molecule has 2 nitrogen and oxygen atoms in total. The zero-order chi connectivity index (χ0) is 10.8. The standard InChI is InChI=1S/C13H17NO/c1-10-4-3-5-12(8-10)13(15)14(2)9-11-6-7-11/h3-5,8,11H,6-7,9H2,1-2H3. The van der Waals surface area contributed by atoms with Crippen molar-refractivity contribution in [3.8, 4) is 0 Å². The molecule has 1 fully saturated rings. The number of hydrogen-bond donors (Lipinski definition) is 0. The van der Waals surface area contributed by atoms with Gasteiger partial charge in [0.2, 0.25) is 0 Å². The highest BCUT2D eigenvalue weighted by atomic mass is 16.2. The van der Waals surface area contributed by atoms with Crippen LogP contribution in [0.25, 0.3) is 0 Å². The van der Waals surface area contributed by atoms with Gasteiger partial charge in [0, 0.05) is 19.2 Å². The summed E-state index contributed by atoms with van der Waals surface area (Å²) in [6, 6.07) is 7.79. The number of rotatable bonds is 3. The molecular weight excluding hydrogens is 186 g/mol. The molecule has 0 N–H and O–H groups in total. The molecule has 2 heteroatoms. The molecule has 1 aromatic rings. The Morgan fingerprint density at radius 1 is 1.47 bits per heavy atom. The van der Waals surface area contributed by atoms with Gasteiger partial charge in [0.15, 0.2) is 0 Å². The number of carbonyl (C=O) groups excluding carboxylic acids is 1. The minimum Gasteiger partial charge on any atom is -0.341 e. The van der Waals surface area contributed by atoms with Crippen molar-refractivity contribution in [2.45, 2.75) is 19.8 Å². The fourth-order valence-corrected chi connectivity index (χ4v) is 1.77. The second-order valence-corrected chi connectivity index (χ2v) is 4.50. The van der Waals surface area contributed by atoms with Gasteiger partial charge in [-0.05, 0) is 37.8 Å². The zero-order valence-corrected chi connectivity index (χ0v) is 9.36. The number of hydrogen-bond acceptors (Lipinski definition) is 1. The maximum atomic E-state index is 12.0. The maximum Gasteiger partial charge on any atom is 0.253 e. The van der Waals surface area contributed by atoms with Crippen molar-refractivity contribution in [1.82, 2.24) is 4.90 Å². The zero-order valence-electron chi connectivity index (χ0n) is 9.36. The van der Waals surface area contributed by atoms with E-state index in [2.05, 4.69) is 0 Å². The van der Waals surface area contributed by atoms with E-state index in [0.717, 1.165) is 23.6 Å². The molecule has 0 unspecified atom stereocenters. The minimum atomic E-state index is 0.144. The van der Waals surface area contributed by atoms with Crippen LogP contribution in [0.4, 0.5) is 0 Å². The van der Waals surface area contributed by atoms with Crippen molar-refractivity contribution in [3.63, 3.8) is 0 Å². The van der Waals surface area contributed by atoms with Crippen LogP contribution in [0.2, 0.25) is 0 Å². The molecule has 2 rings (SSSR count). The van der Waals surface area contributed by atoms with Gasteiger partial charge in [-0.15, -0.1) is 0 Å². The Bertz CT molecular complexity index is 369. The first-order valence-electron chi connectivity index (χ1n) is 5.49. The van der Waals surface area contributed by atoms with E-state index in [1.165, 1.54) is 12.8 Å².